The lowest BCUT2D eigenvalue weighted by Crippen LogP contribution is -2.53. The van der Waals surface area contributed by atoms with E-state index in [0.29, 0.717) is 47.7 Å². The van der Waals surface area contributed by atoms with Gasteiger partial charge in [-0.25, -0.2) is 4.79 Å². The van der Waals surface area contributed by atoms with Crippen molar-refractivity contribution in [2.24, 2.45) is 0 Å². The van der Waals surface area contributed by atoms with E-state index in [2.05, 4.69) is 15.9 Å². The largest absolute Gasteiger partial charge is 0.495 e. The number of piperazine rings is 1. The Morgan fingerprint density at radius 1 is 0.846 bits per heavy atom. The minimum absolute atomic E-state index is 0.0811. The molecule has 8 heteroatoms. The number of carbonyl (C=O) groups excluding carboxylic acids is 2. The predicted molar refractivity (Wildman–Crippen MR) is 101 cm³/mol. The molecule has 0 bridgehead atoms. The minimum Gasteiger partial charge on any atom is -0.495 e. The number of benzene rings is 1. The predicted octanol–water partition coefficient (Wildman–Crippen LogP) is 2.44. The van der Waals surface area contributed by atoms with Gasteiger partial charge >= 0.3 is 6.03 Å². The second-order valence-electron chi connectivity index (χ2n) is 6.45. The highest BCUT2D eigenvalue weighted by molar-refractivity contribution is 9.10. The Hall–Kier alpha value is -1.96. The zero-order chi connectivity index (χ0) is 18.7. The third kappa shape index (κ3) is 3.75. The topological polar surface area (TPSA) is 62.3 Å². The van der Waals surface area contributed by atoms with Crippen LogP contribution in [0.1, 0.15) is 23.2 Å². The lowest BCUT2D eigenvalue weighted by atomic mass is 10.1. The molecule has 0 saturated carbocycles. The maximum Gasteiger partial charge on any atom is 0.320 e. The highest BCUT2D eigenvalue weighted by Crippen LogP contribution is 2.36. The summed E-state index contributed by atoms with van der Waals surface area (Å²) in [6.07, 6.45) is 2.16. The number of hydrogen-bond donors (Lipinski definition) is 0. The molecule has 1 aromatic rings. The Bertz CT molecular complexity index is 658. The van der Waals surface area contributed by atoms with Crippen molar-refractivity contribution in [3.05, 3.63) is 22.2 Å². The number of carbonyl (C=O) groups is 2. The summed E-state index contributed by atoms with van der Waals surface area (Å²) < 4.78 is 11.3. The first-order valence-electron chi connectivity index (χ1n) is 8.79. The number of methoxy groups -OCH3 is 2. The molecule has 3 amide bonds. The van der Waals surface area contributed by atoms with Gasteiger partial charge in [-0.05, 0) is 40.9 Å². The second-order valence-corrected chi connectivity index (χ2v) is 7.24. The van der Waals surface area contributed by atoms with E-state index in [9.17, 15) is 9.59 Å². The Labute approximate surface area is 161 Å². The number of hydrogen-bond acceptors (Lipinski definition) is 4. The zero-order valence-corrected chi connectivity index (χ0v) is 16.8. The number of urea groups is 1. The van der Waals surface area contributed by atoms with E-state index >= 15 is 0 Å². The smallest absolute Gasteiger partial charge is 0.320 e. The quantitative estimate of drug-likeness (QED) is 0.745. The monoisotopic (exact) mass is 425 g/mol. The van der Waals surface area contributed by atoms with Crippen molar-refractivity contribution in [2.75, 3.05) is 53.5 Å². The first kappa shape index (κ1) is 18.8. The van der Waals surface area contributed by atoms with E-state index in [1.165, 1.54) is 0 Å². The van der Waals surface area contributed by atoms with E-state index in [4.69, 9.17) is 9.47 Å². The molecular weight excluding hydrogens is 402 g/mol. The van der Waals surface area contributed by atoms with Crippen molar-refractivity contribution in [1.82, 2.24) is 14.7 Å². The van der Waals surface area contributed by atoms with Crippen molar-refractivity contribution in [3.8, 4) is 11.5 Å². The summed E-state index contributed by atoms with van der Waals surface area (Å²) in [5.41, 5.74) is 0.515. The van der Waals surface area contributed by atoms with Crippen LogP contribution in [-0.2, 0) is 0 Å². The molecular formula is C18H24BrN3O4. The highest BCUT2D eigenvalue weighted by Gasteiger charge is 2.29. The van der Waals surface area contributed by atoms with E-state index in [-0.39, 0.29) is 11.9 Å². The van der Waals surface area contributed by atoms with Gasteiger partial charge in [-0.1, -0.05) is 0 Å². The molecule has 26 heavy (non-hydrogen) atoms. The number of nitrogens with zero attached hydrogens (tertiary/aromatic N) is 3. The molecule has 0 aliphatic carbocycles. The van der Waals surface area contributed by atoms with Crippen molar-refractivity contribution in [2.45, 2.75) is 12.8 Å². The van der Waals surface area contributed by atoms with Gasteiger partial charge in [0.05, 0.1) is 14.2 Å². The minimum atomic E-state index is -0.0811. The first-order valence-corrected chi connectivity index (χ1v) is 9.59. The lowest BCUT2D eigenvalue weighted by molar-refractivity contribution is 0.0644. The van der Waals surface area contributed by atoms with Crippen molar-refractivity contribution in [1.29, 1.82) is 0 Å². The summed E-state index contributed by atoms with van der Waals surface area (Å²) in [4.78, 5) is 30.9. The van der Waals surface area contributed by atoms with Crippen LogP contribution in [0.5, 0.6) is 11.5 Å². The molecule has 0 spiro atoms. The standard InChI is InChI=1S/C18H24BrN3O4/c1-25-14-11-13(12-15(26-2)16(14)19)17(23)20-7-9-22(10-8-20)18(24)21-5-3-4-6-21/h11-12H,3-10H2,1-2H3. The summed E-state index contributed by atoms with van der Waals surface area (Å²) in [5.74, 6) is 1.02. The van der Waals surface area contributed by atoms with Crippen molar-refractivity contribution in [3.63, 3.8) is 0 Å². The van der Waals surface area contributed by atoms with Gasteiger partial charge in [0, 0.05) is 44.8 Å². The molecule has 2 saturated heterocycles. The van der Waals surface area contributed by atoms with E-state index in [1.54, 1.807) is 31.3 Å². The molecule has 142 valence electrons. The van der Waals surface area contributed by atoms with Crippen LogP contribution < -0.4 is 9.47 Å². The second kappa shape index (κ2) is 8.16. The molecule has 1 aromatic carbocycles. The molecule has 2 heterocycles. The normalized spacial score (nSPS) is 17.4. The molecule has 3 rings (SSSR count). The van der Waals surface area contributed by atoms with Crippen LogP contribution in [0.2, 0.25) is 0 Å². The maximum atomic E-state index is 12.9. The first-order chi connectivity index (χ1) is 12.5. The van der Waals surface area contributed by atoms with Crippen LogP contribution in [0.15, 0.2) is 16.6 Å². The summed E-state index contributed by atoms with van der Waals surface area (Å²) in [5, 5.41) is 0. The van der Waals surface area contributed by atoms with Crippen LogP contribution in [-0.4, -0.2) is 80.1 Å². The number of amides is 3. The van der Waals surface area contributed by atoms with Gasteiger partial charge in [-0.3, -0.25) is 4.79 Å². The summed E-state index contributed by atoms with van der Waals surface area (Å²) in [7, 11) is 3.10. The molecule has 0 N–H and O–H groups in total. The highest BCUT2D eigenvalue weighted by atomic mass is 79.9. The molecule has 0 aromatic heterocycles. The van der Waals surface area contributed by atoms with Gasteiger partial charge in [0.2, 0.25) is 0 Å². The van der Waals surface area contributed by atoms with Crippen LogP contribution in [0.25, 0.3) is 0 Å². The average Bonchev–Trinajstić information content (AvgIpc) is 3.22. The molecule has 2 aliphatic rings. The van der Waals surface area contributed by atoms with E-state index < -0.39 is 0 Å². The molecule has 2 aliphatic heterocycles. The summed E-state index contributed by atoms with van der Waals surface area (Å²) in [6.45, 7) is 3.86. The fourth-order valence-corrected chi connectivity index (χ4v) is 3.94. The van der Waals surface area contributed by atoms with Gasteiger partial charge < -0.3 is 24.2 Å². The van der Waals surface area contributed by atoms with Crippen LogP contribution in [0.3, 0.4) is 0 Å². The Morgan fingerprint density at radius 2 is 1.31 bits per heavy atom. The molecule has 7 nitrogen and oxygen atoms in total. The fourth-order valence-electron chi connectivity index (χ4n) is 3.38. The molecule has 0 radical (unpaired) electrons. The number of rotatable bonds is 3. The number of likely N-dealkylation sites (tertiary alicyclic amines) is 1. The number of halogens is 1. The van der Waals surface area contributed by atoms with Gasteiger partial charge in [-0.2, -0.15) is 0 Å². The molecule has 0 atom stereocenters. The molecule has 0 unspecified atom stereocenters. The van der Waals surface area contributed by atoms with Crippen LogP contribution in [0, 0.1) is 0 Å². The van der Waals surface area contributed by atoms with Crippen molar-refractivity contribution < 1.29 is 19.1 Å². The van der Waals surface area contributed by atoms with Gasteiger partial charge in [0.25, 0.3) is 5.91 Å². The SMILES string of the molecule is COc1cc(C(=O)N2CCN(C(=O)N3CCCC3)CC2)cc(OC)c1Br. The third-order valence-corrected chi connectivity index (χ3v) is 5.69. The van der Waals surface area contributed by atoms with Gasteiger partial charge in [-0.15, -0.1) is 0 Å². The third-order valence-electron chi connectivity index (χ3n) is 4.91. The van der Waals surface area contributed by atoms with E-state index in [0.717, 1.165) is 25.9 Å². The number of ether oxygens (including phenoxy) is 2. The van der Waals surface area contributed by atoms with Crippen molar-refractivity contribution >= 4 is 27.9 Å². The average molecular weight is 426 g/mol. The van der Waals surface area contributed by atoms with Gasteiger partial charge in [0.1, 0.15) is 16.0 Å². The van der Waals surface area contributed by atoms with Crippen LogP contribution in [0.4, 0.5) is 4.79 Å². The summed E-state index contributed by atoms with van der Waals surface area (Å²) in [6, 6.07) is 3.51. The lowest BCUT2D eigenvalue weighted by Gasteiger charge is -2.36. The Kier molecular flexibility index (Phi) is 5.90. The Morgan fingerprint density at radius 3 is 1.81 bits per heavy atom. The Balaban J connectivity index is 1.66. The molecule has 2 fully saturated rings. The van der Waals surface area contributed by atoms with Gasteiger partial charge in [0.15, 0.2) is 0 Å². The fraction of sp³-hybridized carbons (Fsp3) is 0.556. The van der Waals surface area contributed by atoms with E-state index in [1.807, 2.05) is 9.80 Å². The van der Waals surface area contributed by atoms with Crippen LogP contribution >= 0.6 is 15.9 Å². The maximum absolute atomic E-state index is 12.9. The summed E-state index contributed by atoms with van der Waals surface area (Å²) >= 11 is 3.41. The zero-order valence-electron chi connectivity index (χ0n) is 15.2.